The fourth-order valence-electron chi connectivity index (χ4n) is 1.43. The van der Waals surface area contributed by atoms with Crippen molar-refractivity contribution in [3.05, 3.63) is 0 Å². The minimum atomic E-state index is -5.17. The normalized spacial score (nSPS) is 18.0. The molecule has 1 heterocycles. The number of nitrogens with one attached hydrogen (secondary N) is 1. The first kappa shape index (κ1) is 43.4. The van der Waals surface area contributed by atoms with Gasteiger partial charge in [0.25, 0.3) is 0 Å². The van der Waals surface area contributed by atoms with Crippen LogP contribution in [0.2, 0.25) is 0 Å². The van der Waals surface area contributed by atoms with Crippen LogP contribution in [-0.2, 0) is 65.9 Å². The van der Waals surface area contributed by atoms with Gasteiger partial charge in [0.1, 0.15) is 0 Å². The summed E-state index contributed by atoms with van der Waals surface area (Å²) < 4.78 is 102. The van der Waals surface area contributed by atoms with Gasteiger partial charge in [0, 0.05) is 44.3 Å². The molecule has 0 amide bonds. The van der Waals surface area contributed by atoms with Gasteiger partial charge in [0.05, 0.1) is 0 Å². The van der Waals surface area contributed by atoms with Gasteiger partial charge in [-0.15, -0.1) is 0 Å². The molecular weight excluding hydrogens is 542 g/mol. The van der Waals surface area contributed by atoms with Gasteiger partial charge >= 0.3 is 34.7 Å². The van der Waals surface area contributed by atoms with Crippen molar-refractivity contribution in [1.29, 1.82) is 0 Å². The minimum absolute atomic E-state index is 0. The van der Waals surface area contributed by atoms with Gasteiger partial charge in [-0.1, -0.05) is 13.8 Å². The smallest absolute Gasteiger partial charge is 0.759 e. The van der Waals surface area contributed by atoms with Crippen LogP contribution in [0.3, 0.4) is 0 Å². The zero-order valence-corrected chi connectivity index (χ0v) is 20.3. The molecule has 1 fully saturated rings. The second-order valence-electron chi connectivity index (χ2n) is 4.91. The summed E-state index contributed by atoms with van der Waals surface area (Å²) in [6.07, 6.45) is 1.41. The molecule has 0 aromatic rings. The second-order valence-corrected chi connectivity index (χ2v) is 7.36. The summed E-state index contributed by atoms with van der Waals surface area (Å²) in [5.41, 5.74) is 9.81. The maximum absolute atomic E-state index is 8.52. The van der Waals surface area contributed by atoms with Crippen molar-refractivity contribution >= 4 is 31.2 Å². The number of hydrogen-bond donors (Lipinski definition) is 3. The van der Waals surface area contributed by atoms with Crippen molar-refractivity contribution in [3.63, 3.8) is 0 Å². The van der Waals surface area contributed by atoms with Crippen LogP contribution >= 0.6 is 0 Å². The molecule has 2 unspecified atom stereocenters. The molecule has 176 valence electrons. The maximum Gasteiger partial charge on any atom is 3.00 e. The monoisotopic (exact) mass is 565 g/mol. The van der Waals surface area contributed by atoms with E-state index >= 15 is 0 Å². The average Bonchev–Trinajstić information content (AvgIpc) is 2.32. The third-order valence-electron chi connectivity index (χ3n) is 1.96. The predicted octanol–water partition coefficient (Wildman–Crippen LogP) is -3.86. The van der Waals surface area contributed by atoms with Crippen molar-refractivity contribution in [2.24, 2.45) is 23.3 Å². The maximum atomic E-state index is 8.52. The number of rotatable bonds is 1. The van der Waals surface area contributed by atoms with Crippen LogP contribution in [0.1, 0.15) is 20.3 Å². The molecule has 2 atom stereocenters. The first-order chi connectivity index (χ1) is 11.7. The molecule has 0 aliphatic carbocycles. The largest absolute Gasteiger partial charge is 3.00 e. The Hall–Kier alpha value is 0.555. The van der Waals surface area contributed by atoms with E-state index in [-0.39, 0.29) is 34.7 Å². The van der Waals surface area contributed by atoms with E-state index in [1.807, 2.05) is 0 Å². The van der Waals surface area contributed by atoms with Gasteiger partial charge in [0.2, 0.25) is 0 Å². The van der Waals surface area contributed by atoms with Crippen LogP contribution in [0.4, 0.5) is 0 Å². The van der Waals surface area contributed by atoms with E-state index in [4.69, 9.17) is 64.0 Å². The zero-order chi connectivity index (χ0) is 22.9. The van der Waals surface area contributed by atoms with E-state index in [2.05, 4.69) is 19.2 Å². The Kier molecular flexibility index (Phi) is 34.8. The first-order valence-corrected chi connectivity index (χ1v) is 10.8. The summed E-state index contributed by atoms with van der Waals surface area (Å²) in [5, 5.41) is 3.38. The van der Waals surface area contributed by atoms with E-state index in [0.29, 0.717) is 13.1 Å². The Morgan fingerprint density at radius 3 is 0.931 bits per heavy atom. The van der Waals surface area contributed by atoms with E-state index in [1.165, 1.54) is 19.5 Å². The topological polar surface area (TPSA) is 305 Å². The van der Waals surface area contributed by atoms with E-state index in [0.717, 1.165) is 11.8 Å². The Labute approximate surface area is 193 Å². The van der Waals surface area contributed by atoms with Crippen LogP contribution < -0.4 is 16.8 Å². The van der Waals surface area contributed by atoms with Gasteiger partial charge in [-0.05, 0) is 31.3 Å². The summed E-state index contributed by atoms with van der Waals surface area (Å²) in [4.78, 5) is 0. The molecular formula is C9H23Cr2N3O12S3. The summed E-state index contributed by atoms with van der Waals surface area (Å²) >= 11 is 0. The van der Waals surface area contributed by atoms with Gasteiger partial charge in [0.15, 0.2) is 0 Å². The number of piperidine rings is 1. The average molecular weight is 565 g/mol. The molecule has 15 nitrogen and oxygen atoms in total. The Bertz CT molecular complexity index is 539. The Balaban J connectivity index is -0.0000000576. The molecule has 0 saturated carbocycles. The number of nitrogens with two attached hydrogens (primary N) is 2. The Morgan fingerprint density at radius 1 is 0.690 bits per heavy atom. The van der Waals surface area contributed by atoms with E-state index < -0.39 is 31.2 Å². The van der Waals surface area contributed by atoms with Crippen LogP contribution in [0, 0.1) is 11.8 Å². The molecule has 0 aromatic carbocycles. The van der Waals surface area contributed by atoms with Gasteiger partial charge in [-0.3, -0.25) is 25.3 Å². The second kappa shape index (κ2) is 23.2. The molecule has 0 aromatic heterocycles. The SMILES string of the molecule is CC1CNCC(C)C1.NCCN.O=S(=O)([O-])[O-].O=S(=O)([O-])[O-].O=S(=O)([O-])[O-].[Cr+3].[Cr+3]. The first-order valence-electron chi connectivity index (χ1n) is 6.81. The summed E-state index contributed by atoms with van der Waals surface area (Å²) in [5.74, 6) is 1.80. The fourth-order valence-corrected chi connectivity index (χ4v) is 1.43. The molecule has 0 spiro atoms. The fraction of sp³-hybridized carbons (Fsp3) is 1.00. The molecule has 20 heteroatoms. The third-order valence-corrected chi connectivity index (χ3v) is 1.96. The molecule has 29 heavy (non-hydrogen) atoms. The quantitative estimate of drug-likeness (QED) is 0.202. The van der Waals surface area contributed by atoms with Gasteiger partial charge < -0.3 is 44.1 Å². The van der Waals surface area contributed by atoms with Crippen LogP contribution in [0.5, 0.6) is 0 Å². The predicted molar refractivity (Wildman–Crippen MR) is 85.3 cm³/mol. The van der Waals surface area contributed by atoms with Gasteiger partial charge in [-0.2, -0.15) is 0 Å². The van der Waals surface area contributed by atoms with Crippen molar-refractivity contribution in [2.45, 2.75) is 20.3 Å². The third kappa shape index (κ3) is 151. The minimum Gasteiger partial charge on any atom is -0.759 e. The molecule has 0 bridgehead atoms. The van der Waals surface area contributed by atoms with Crippen molar-refractivity contribution in [1.82, 2.24) is 5.32 Å². The molecule has 5 N–H and O–H groups in total. The van der Waals surface area contributed by atoms with Crippen LogP contribution in [-0.4, -0.2) is 78.7 Å². The summed E-state index contributed by atoms with van der Waals surface area (Å²) in [6.45, 7) is 8.26. The van der Waals surface area contributed by atoms with Crippen molar-refractivity contribution in [3.8, 4) is 0 Å². The molecule has 2 radical (unpaired) electrons. The van der Waals surface area contributed by atoms with Crippen molar-refractivity contribution < 1.29 is 87.3 Å². The number of hydrogen-bond acceptors (Lipinski definition) is 15. The molecule has 1 aliphatic rings. The van der Waals surface area contributed by atoms with Gasteiger partial charge in [-0.25, -0.2) is 0 Å². The zero-order valence-electron chi connectivity index (χ0n) is 15.3. The van der Waals surface area contributed by atoms with Crippen LogP contribution in [0.25, 0.3) is 0 Å². The standard InChI is InChI=1S/C7H15N.C2H8N2.2Cr.3H2O4S/c1-6-3-7(2)5-8-4-6;3-1-2-4;;;3*1-5(2,3)4/h6-8H,3-5H2,1-2H3;1-4H2;;;3*(H2,1,2,3,4)/q;;2*+3;;;/p-6. The molecule has 1 aliphatic heterocycles. The Morgan fingerprint density at radius 2 is 0.862 bits per heavy atom. The molecule has 1 saturated heterocycles. The van der Waals surface area contributed by atoms with E-state index in [9.17, 15) is 0 Å². The summed E-state index contributed by atoms with van der Waals surface area (Å²) in [6, 6.07) is 0. The molecule has 1 rings (SSSR count). The summed E-state index contributed by atoms with van der Waals surface area (Å²) in [7, 11) is -15.5. The van der Waals surface area contributed by atoms with Crippen molar-refractivity contribution in [2.75, 3.05) is 26.2 Å². The van der Waals surface area contributed by atoms with Crippen LogP contribution in [0.15, 0.2) is 0 Å². The van der Waals surface area contributed by atoms with E-state index in [1.54, 1.807) is 0 Å².